The minimum Gasteiger partial charge on any atom is -0.486 e. The van der Waals surface area contributed by atoms with Gasteiger partial charge in [0.2, 0.25) is 5.16 Å². The molecule has 5 nitrogen and oxygen atoms in total. The Hall–Kier alpha value is -2.38. The summed E-state index contributed by atoms with van der Waals surface area (Å²) in [4.78, 5) is 16.7. The second kappa shape index (κ2) is 8.54. The van der Waals surface area contributed by atoms with Gasteiger partial charge in [0.1, 0.15) is 18.2 Å². The predicted octanol–water partition coefficient (Wildman–Crippen LogP) is 4.85. The number of aryl methyl sites for hydroxylation is 1. The molecule has 0 amide bonds. The van der Waals surface area contributed by atoms with Gasteiger partial charge >= 0.3 is 0 Å². The molecule has 0 unspecified atom stereocenters. The predicted molar refractivity (Wildman–Crippen MR) is 103 cm³/mol. The summed E-state index contributed by atoms with van der Waals surface area (Å²) in [6.45, 7) is 3.88. The smallest absolute Gasteiger partial charge is 0.209 e. The van der Waals surface area contributed by atoms with Crippen LogP contribution in [0.25, 0.3) is 0 Å². The second-order valence-electron chi connectivity index (χ2n) is 5.90. The van der Waals surface area contributed by atoms with Crippen molar-refractivity contribution in [2.45, 2.75) is 30.9 Å². The van der Waals surface area contributed by atoms with Crippen LogP contribution in [0.15, 0.2) is 47.6 Å². The standard InChI is InChI=1S/C19H17ClFN3O2S/c1-11-9-15(7-8-16(11)20)26-10-17-22-19(24-23-17)27-12(2)18(25)13-3-5-14(21)6-4-13/h3-9,12H,10H2,1-2H3,(H,22,23,24)/t12-/m0/s1. The van der Waals surface area contributed by atoms with Gasteiger partial charge in [-0.15, -0.1) is 5.10 Å². The minimum atomic E-state index is -0.404. The van der Waals surface area contributed by atoms with Gasteiger partial charge in [-0.2, -0.15) is 0 Å². The maximum Gasteiger partial charge on any atom is 0.209 e. The molecule has 0 saturated carbocycles. The topological polar surface area (TPSA) is 67.9 Å². The number of carbonyl (C=O) groups excluding carboxylic acids is 1. The number of ketones is 1. The molecule has 0 bridgehead atoms. The Bertz CT molecular complexity index is 946. The van der Waals surface area contributed by atoms with Crippen LogP contribution in [-0.2, 0) is 6.61 Å². The van der Waals surface area contributed by atoms with Gasteiger partial charge in [0.15, 0.2) is 11.6 Å². The van der Waals surface area contributed by atoms with Gasteiger partial charge in [-0.05, 0) is 61.9 Å². The zero-order chi connectivity index (χ0) is 19.4. The van der Waals surface area contributed by atoms with E-state index in [1.165, 1.54) is 36.0 Å². The summed E-state index contributed by atoms with van der Waals surface area (Å²) in [6, 6.07) is 10.9. The van der Waals surface area contributed by atoms with Gasteiger partial charge in [0, 0.05) is 10.6 Å². The summed E-state index contributed by atoms with van der Waals surface area (Å²) in [5.74, 6) is 0.745. The first-order chi connectivity index (χ1) is 12.9. The molecule has 0 aliphatic carbocycles. The maximum atomic E-state index is 13.0. The fraction of sp³-hybridized carbons (Fsp3) is 0.211. The average molecular weight is 406 g/mol. The molecule has 140 valence electrons. The average Bonchev–Trinajstić information content (AvgIpc) is 3.10. The van der Waals surface area contributed by atoms with E-state index in [2.05, 4.69) is 15.2 Å². The Labute approximate surface area is 165 Å². The molecule has 2 aromatic carbocycles. The summed E-state index contributed by atoms with van der Waals surface area (Å²) in [5.41, 5.74) is 1.38. The zero-order valence-corrected chi connectivity index (χ0v) is 16.3. The van der Waals surface area contributed by atoms with Crippen LogP contribution in [0.2, 0.25) is 5.02 Å². The van der Waals surface area contributed by atoms with E-state index in [0.717, 1.165) is 5.56 Å². The SMILES string of the molecule is Cc1cc(OCc2nc(S[C@@H](C)C(=O)c3ccc(F)cc3)n[nH]2)ccc1Cl. The molecule has 0 aliphatic heterocycles. The van der Waals surface area contributed by atoms with Crippen molar-refractivity contribution in [2.75, 3.05) is 0 Å². The van der Waals surface area contributed by atoms with E-state index in [1.54, 1.807) is 19.1 Å². The normalized spacial score (nSPS) is 12.0. The molecule has 1 heterocycles. The van der Waals surface area contributed by atoms with Gasteiger partial charge in [-0.1, -0.05) is 23.4 Å². The quantitative estimate of drug-likeness (QED) is 0.449. The number of hydrogen-bond acceptors (Lipinski definition) is 5. The number of aromatic amines is 1. The van der Waals surface area contributed by atoms with Crippen LogP contribution in [0, 0.1) is 12.7 Å². The van der Waals surface area contributed by atoms with Crippen molar-refractivity contribution >= 4 is 29.1 Å². The third-order valence-electron chi connectivity index (χ3n) is 3.80. The van der Waals surface area contributed by atoms with Crippen LogP contribution >= 0.6 is 23.4 Å². The number of carbonyl (C=O) groups is 1. The molecule has 1 aromatic heterocycles. The number of halogens is 2. The number of ether oxygens (including phenoxy) is 1. The highest BCUT2D eigenvalue weighted by atomic mass is 35.5. The Kier molecular flexibility index (Phi) is 6.13. The van der Waals surface area contributed by atoms with E-state index in [1.807, 2.05) is 13.0 Å². The fourth-order valence-electron chi connectivity index (χ4n) is 2.31. The van der Waals surface area contributed by atoms with Crippen LogP contribution in [0.5, 0.6) is 5.75 Å². The van der Waals surface area contributed by atoms with Crippen LogP contribution in [-0.4, -0.2) is 26.2 Å². The second-order valence-corrected chi connectivity index (χ2v) is 7.61. The molecule has 27 heavy (non-hydrogen) atoms. The first kappa shape index (κ1) is 19.4. The van der Waals surface area contributed by atoms with E-state index < -0.39 is 5.25 Å². The van der Waals surface area contributed by atoms with Crippen molar-refractivity contribution < 1.29 is 13.9 Å². The number of Topliss-reactive ketones (excluding diaryl/α,β-unsaturated/α-hetero) is 1. The molecule has 1 atom stereocenters. The van der Waals surface area contributed by atoms with Crippen LogP contribution in [0.1, 0.15) is 28.7 Å². The van der Waals surface area contributed by atoms with Crippen molar-refractivity contribution in [3.63, 3.8) is 0 Å². The molecule has 0 radical (unpaired) electrons. The van der Waals surface area contributed by atoms with Crippen LogP contribution < -0.4 is 4.74 Å². The van der Waals surface area contributed by atoms with E-state index in [0.29, 0.717) is 27.3 Å². The van der Waals surface area contributed by atoms with E-state index in [4.69, 9.17) is 16.3 Å². The summed E-state index contributed by atoms with van der Waals surface area (Å²) in [6.07, 6.45) is 0. The Balaban J connectivity index is 1.57. The molecule has 0 aliphatic rings. The van der Waals surface area contributed by atoms with Gasteiger partial charge in [0.25, 0.3) is 0 Å². The largest absolute Gasteiger partial charge is 0.486 e. The lowest BCUT2D eigenvalue weighted by Crippen LogP contribution is -2.13. The molecule has 3 aromatic rings. The third-order valence-corrected chi connectivity index (χ3v) is 5.18. The summed E-state index contributed by atoms with van der Waals surface area (Å²) < 4.78 is 18.6. The first-order valence-corrected chi connectivity index (χ1v) is 9.45. The van der Waals surface area contributed by atoms with E-state index in [-0.39, 0.29) is 18.2 Å². The highest BCUT2D eigenvalue weighted by Gasteiger charge is 2.19. The monoisotopic (exact) mass is 405 g/mol. The van der Waals surface area contributed by atoms with Gasteiger partial charge in [-0.25, -0.2) is 9.37 Å². The minimum absolute atomic E-state index is 0.112. The molecule has 8 heteroatoms. The molecule has 1 N–H and O–H groups in total. The summed E-state index contributed by atoms with van der Waals surface area (Å²) in [5, 5.41) is 7.63. The number of nitrogens with zero attached hydrogens (tertiary/aromatic N) is 2. The molecule has 3 rings (SSSR count). The van der Waals surface area contributed by atoms with E-state index in [9.17, 15) is 9.18 Å². The summed E-state index contributed by atoms with van der Waals surface area (Å²) in [7, 11) is 0. The first-order valence-electron chi connectivity index (χ1n) is 8.19. The fourth-order valence-corrected chi connectivity index (χ4v) is 3.25. The number of H-pyrrole nitrogens is 1. The highest BCUT2D eigenvalue weighted by Crippen LogP contribution is 2.24. The van der Waals surface area contributed by atoms with Crippen molar-refractivity contribution in [1.29, 1.82) is 0 Å². The van der Waals surface area contributed by atoms with Gasteiger partial charge in [0.05, 0.1) is 5.25 Å². The van der Waals surface area contributed by atoms with Crippen molar-refractivity contribution in [3.05, 3.63) is 70.3 Å². The van der Waals surface area contributed by atoms with Crippen molar-refractivity contribution in [1.82, 2.24) is 15.2 Å². The Morgan fingerprint density at radius 2 is 2.04 bits per heavy atom. The Morgan fingerprint density at radius 3 is 2.74 bits per heavy atom. The van der Waals surface area contributed by atoms with Crippen molar-refractivity contribution in [3.8, 4) is 5.75 Å². The van der Waals surface area contributed by atoms with E-state index >= 15 is 0 Å². The zero-order valence-electron chi connectivity index (χ0n) is 14.7. The molecular formula is C19H17ClFN3O2S. The van der Waals surface area contributed by atoms with Gasteiger partial charge < -0.3 is 4.74 Å². The lowest BCUT2D eigenvalue weighted by molar-refractivity contribution is 0.0994. The molecule has 0 saturated heterocycles. The number of aromatic nitrogens is 3. The third kappa shape index (κ3) is 5.08. The molecular weight excluding hydrogens is 389 g/mol. The number of hydrogen-bond donors (Lipinski definition) is 1. The molecule has 0 fully saturated rings. The highest BCUT2D eigenvalue weighted by molar-refractivity contribution is 8.00. The number of benzene rings is 2. The number of thioether (sulfide) groups is 1. The maximum absolute atomic E-state index is 13.0. The molecule has 0 spiro atoms. The lowest BCUT2D eigenvalue weighted by Gasteiger charge is -2.07. The van der Waals surface area contributed by atoms with Gasteiger partial charge in [-0.3, -0.25) is 9.89 Å². The number of nitrogens with one attached hydrogen (secondary N) is 1. The van der Waals surface area contributed by atoms with Crippen LogP contribution in [0.4, 0.5) is 4.39 Å². The Morgan fingerprint density at radius 1 is 1.30 bits per heavy atom. The van der Waals surface area contributed by atoms with Crippen LogP contribution in [0.3, 0.4) is 0 Å². The lowest BCUT2D eigenvalue weighted by atomic mass is 10.1. The summed E-state index contributed by atoms with van der Waals surface area (Å²) >= 11 is 7.22. The van der Waals surface area contributed by atoms with Crippen molar-refractivity contribution in [2.24, 2.45) is 0 Å². The number of rotatable bonds is 7.